The third-order valence-electron chi connectivity index (χ3n) is 7.29. The van der Waals surface area contributed by atoms with E-state index in [0.29, 0.717) is 29.7 Å². The lowest BCUT2D eigenvalue weighted by molar-refractivity contribution is -0.116. The number of thioether (sulfide) groups is 1. The SMILES string of the molecule is COc1ccc(Cc2nnc(SCC(=O)N3c4ccccc4CC3C)n2C2CCCCC2)cc1OC. The van der Waals surface area contributed by atoms with Gasteiger partial charge in [0, 0.05) is 24.2 Å². The summed E-state index contributed by atoms with van der Waals surface area (Å²) in [5, 5.41) is 10.0. The molecule has 1 aliphatic heterocycles. The predicted octanol–water partition coefficient (Wildman–Crippen LogP) is 5.46. The van der Waals surface area contributed by atoms with Gasteiger partial charge in [0.2, 0.25) is 5.91 Å². The van der Waals surface area contributed by atoms with Gasteiger partial charge in [0.05, 0.1) is 20.0 Å². The number of hydrogen-bond acceptors (Lipinski definition) is 6. The standard InChI is InChI=1S/C28H34N4O3S/c1-19-15-21-9-7-8-12-23(21)31(19)27(33)18-36-28-30-29-26(32(28)22-10-5-4-6-11-22)17-20-13-14-24(34-2)25(16-20)35-3/h7-9,12-14,16,19,22H,4-6,10-11,15,17-18H2,1-3H3. The Morgan fingerprint density at radius 2 is 1.81 bits per heavy atom. The molecule has 2 aliphatic rings. The summed E-state index contributed by atoms with van der Waals surface area (Å²) in [7, 11) is 3.29. The van der Waals surface area contributed by atoms with Crippen molar-refractivity contribution in [3.63, 3.8) is 0 Å². The second-order valence-corrected chi connectivity index (χ2v) is 10.6. The van der Waals surface area contributed by atoms with Crippen LogP contribution in [0.5, 0.6) is 11.5 Å². The zero-order chi connectivity index (χ0) is 25.1. The number of amides is 1. The molecule has 1 atom stereocenters. The monoisotopic (exact) mass is 506 g/mol. The van der Waals surface area contributed by atoms with Gasteiger partial charge in [-0.05, 0) is 55.5 Å². The summed E-state index contributed by atoms with van der Waals surface area (Å²) in [5.74, 6) is 2.82. The van der Waals surface area contributed by atoms with Crippen LogP contribution in [-0.4, -0.2) is 46.7 Å². The molecule has 1 aromatic heterocycles. The Morgan fingerprint density at radius 3 is 2.58 bits per heavy atom. The highest BCUT2D eigenvalue weighted by atomic mass is 32.2. The van der Waals surface area contributed by atoms with Crippen LogP contribution in [-0.2, 0) is 17.6 Å². The van der Waals surface area contributed by atoms with Gasteiger partial charge < -0.3 is 18.9 Å². The number of aromatic nitrogens is 3. The lowest BCUT2D eigenvalue weighted by atomic mass is 9.95. The minimum Gasteiger partial charge on any atom is -0.493 e. The molecule has 5 rings (SSSR count). The zero-order valence-electron chi connectivity index (χ0n) is 21.3. The number of methoxy groups -OCH3 is 2. The zero-order valence-corrected chi connectivity index (χ0v) is 22.1. The lowest BCUT2D eigenvalue weighted by Gasteiger charge is -2.26. The molecule has 1 saturated carbocycles. The molecule has 0 saturated heterocycles. The molecule has 1 unspecified atom stereocenters. The molecule has 8 heteroatoms. The van der Waals surface area contributed by atoms with Crippen LogP contribution in [0.1, 0.15) is 62.0 Å². The summed E-state index contributed by atoms with van der Waals surface area (Å²) >= 11 is 1.51. The normalized spacial score (nSPS) is 17.8. The predicted molar refractivity (Wildman–Crippen MR) is 142 cm³/mol. The number of nitrogens with zero attached hydrogens (tertiary/aromatic N) is 4. The van der Waals surface area contributed by atoms with E-state index in [9.17, 15) is 4.79 Å². The number of fused-ring (bicyclic) bond motifs is 1. The molecule has 190 valence electrons. The lowest BCUT2D eigenvalue weighted by Crippen LogP contribution is -2.37. The van der Waals surface area contributed by atoms with Crippen molar-refractivity contribution < 1.29 is 14.3 Å². The molecular formula is C28H34N4O3S. The number of carbonyl (C=O) groups is 1. The van der Waals surface area contributed by atoms with Crippen LogP contribution in [0.3, 0.4) is 0 Å². The Morgan fingerprint density at radius 1 is 1.03 bits per heavy atom. The molecule has 0 bridgehead atoms. The van der Waals surface area contributed by atoms with Crippen LogP contribution in [0.2, 0.25) is 0 Å². The maximum Gasteiger partial charge on any atom is 0.237 e. The first-order valence-corrected chi connectivity index (χ1v) is 13.7. The van der Waals surface area contributed by atoms with E-state index in [-0.39, 0.29) is 11.9 Å². The molecule has 1 aliphatic carbocycles. The molecule has 36 heavy (non-hydrogen) atoms. The molecule has 2 aromatic carbocycles. The highest BCUT2D eigenvalue weighted by Crippen LogP contribution is 2.36. The number of ether oxygens (including phenoxy) is 2. The summed E-state index contributed by atoms with van der Waals surface area (Å²) in [5.41, 5.74) is 3.37. The van der Waals surface area contributed by atoms with E-state index < -0.39 is 0 Å². The molecule has 0 N–H and O–H groups in total. The van der Waals surface area contributed by atoms with Crippen molar-refractivity contribution in [3.05, 3.63) is 59.4 Å². The van der Waals surface area contributed by atoms with Gasteiger partial charge in [-0.25, -0.2) is 0 Å². The van der Waals surface area contributed by atoms with Crippen LogP contribution < -0.4 is 14.4 Å². The van der Waals surface area contributed by atoms with Crippen LogP contribution in [0, 0.1) is 0 Å². The van der Waals surface area contributed by atoms with Crippen molar-refractivity contribution in [1.82, 2.24) is 14.8 Å². The van der Waals surface area contributed by atoms with Crippen molar-refractivity contribution in [2.45, 2.75) is 69.1 Å². The van der Waals surface area contributed by atoms with E-state index in [1.807, 2.05) is 41.3 Å². The first-order chi connectivity index (χ1) is 17.6. The number of rotatable bonds is 8. The van der Waals surface area contributed by atoms with Crippen molar-refractivity contribution in [3.8, 4) is 11.5 Å². The van der Waals surface area contributed by atoms with Gasteiger partial charge in [0.1, 0.15) is 5.82 Å². The topological polar surface area (TPSA) is 69.5 Å². The van der Waals surface area contributed by atoms with Gasteiger partial charge in [-0.15, -0.1) is 10.2 Å². The van der Waals surface area contributed by atoms with Gasteiger partial charge in [0.25, 0.3) is 0 Å². The van der Waals surface area contributed by atoms with E-state index in [4.69, 9.17) is 9.47 Å². The highest BCUT2D eigenvalue weighted by molar-refractivity contribution is 7.99. The molecule has 1 amide bonds. The molecule has 3 aromatic rings. The van der Waals surface area contributed by atoms with Gasteiger partial charge in [-0.3, -0.25) is 4.79 Å². The Kier molecular flexibility index (Phi) is 7.51. The minimum absolute atomic E-state index is 0.122. The number of para-hydroxylation sites is 1. The third kappa shape index (κ3) is 4.96. The number of hydrogen-bond donors (Lipinski definition) is 0. The van der Waals surface area contributed by atoms with Crippen LogP contribution in [0.25, 0.3) is 0 Å². The Labute approximate surface area is 217 Å². The molecule has 0 radical (unpaired) electrons. The van der Waals surface area contributed by atoms with Crippen LogP contribution in [0.4, 0.5) is 5.69 Å². The van der Waals surface area contributed by atoms with E-state index >= 15 is 0 Å². The molecule has 1 fully saturated rings. The summed E-state index contributed by atoms with van der Waals surface area (Å²) in [6.45, 7) is 2.12. The fraction of sp³-hybridized carbons (Fsp3) is 0.464. The maximum absolute atomic E-state index is 13.3. The molecule has 7 nitrogen and oxygen atoms in total. The summed E-state index contributed by atoms with van der Waals surface area (Å²) < 4.78 is 13.2. The maximum atomic E-state index is 13.3. The summed E-state index contributed by atoms with van der Waals surface area (Å²) in [6.07, 6.45) is 7.49. The fourth-order valence-corrected chi connectivity index (χ4v) is 6.43. The largest absolute Gasteiger partial charge is 0.493 e. The van der Waals surface area contributed by atoms with Gasteiger partial charge in [-0.1, -0.05) is 55.3 Å². The average molecular weight is 507 g/mol. The second-order valence-electron chi connectivity index (χ2n) is 9.66. The first-order valence-electron chi connectivity index (χ1n) is 12.8. The summed E-state index contributed by atoms with van der Waals surface area (Å²) in [4.78, 5) is 15.3. The average Bonchev–Trinajstić information content (AvgIpc) is 3.47. The molecule has 2 heterocycles. The number of benzene rings is 2. The first kappa shape index (κ1) is 24.7. The second kappa shape index (κ2) is 10.9. The highest BCUT2D eigenvalue weighted by Gasteiger charge is 2.31. The fourth-order valence-electron chi connectivity index (χ4n) is 5.55. The number of anilines is 1. The van der Waals surface area contributed by atoms with Crippen LogP contribution in [0.15, 0.2) is 47.6 Å². The van der Waals surface area contributed by atoms with E-state index in [1.54, 1.807) is 14.2 Å². The van der Waals surface area contributed by atoms with Gasteiger partial charge in [0.15, 0.2) is 16.7 Å². The third-order valence-corrected chi connectivity index (χ3v) is 8.21. The Bertz CT molecular complexity index is 1220. The van der Waals surface area contributed by atoms with Crippen molar-refractivity contribution >= 4 is 23.4 Å². The Hall–Kier alpha value is -3.00. The van der Waals surface area contributed by atoms with Gasteiger partial charge >= 0.3 is 0 Å². The molecule has 0 spiro atoms. The van der Waals surface area contributed by atoms with Gasteiger partial charge in [-0.2, -0.15) is 0 Å². The van der Waals surface area contributed by atoms with Crippen molar-refractivity contribution in [2.24, 2.45) is 0 Å². The van der Waals surface area contributed by atoms with Crippen molar-refractivity contribution in [2.75, 3.05) is 24.9 Å². The van der Waals surface area contributed by atoms with Crippen molar-refractivity contribution in [1.29, 1.82) is 0 Å². The molecular weight excluding hydrogens is 472 g/mol. The van der Waals surface area contributed by atoms with E-state index in [1.165, 1.54) is 36.6 Å². The smallest absolute Gasteiger partial charge is 0.237 e. The van der Waals surface area contributed by atoms with E-state index in [0.717, 1.165) is 41.5 Å². The summed E-state index contributed by atoms with van der Waals surface area (Å²) in [6, 6.07) is 14.7. The van der Waals surface area contributed by atoms with E-state index in [2.05, 4.69) is 27.8 Å². The quantitative estimate of drug-likeness (QED) is 0.378. The number of carbonyl (C=O) groups excluding carboxylic acids is 1. The minimum atomic E-state index is 0.122. The Balaban J connectivity index is 1.37. The van der Waals surface area contributed by atoms with Crippen LogP contribution >= 0.6 is 11.8 Å².